The van der Waals surface area contributed by atoms with E-state index >= 15 is 0 Å². The molecular formula is C18H36N4O2. The highest BCUT2D eigenvalue weighted by Gasteiger charge is 2.40. The van der Waals surface area contributed by atoms with Gasteiger partial charge in [-0.2, -0.15) is 0 Å². The van der Waals surface area contributed by atoms with Gasteiger partial charge in [0.2, 0.25) is 0 Å². The molecular weight excluding hydrogens is 304 g/mol. The van der Waals surface area contributed by atoms with Gasteiger partial charge in [-0.1, -0.05) is 20.3 Å². The molecule has 2 rings (SSSR count). The van der Waals surface area contributed by atoms with Crippen molar-refractivity contribution in [3.63, 3.8) is 0 Å². The molecule has 24 heavy (non-hydrogen) atoms. The first-order chi connectivity index (χ1) is 11.4. The summed E-state index contributed by atoms with van der Waals surface area (Å²) in [6, 6.07) is 1.07. The average Bonchev–Trinajstić information content (AvgIpc) is 2.90. The summed E-state index contributed by atoms with van der Waals surface area (Å²) in [6.45, 7) is 12.8. The van der Waals surface area contributed by atoms with Gasteiger partial charge >= 0.3 is 6.09 Å². The van der Waals surface area contributed by atoms with Gasteiger partial charge in [-0.15, -0.1) is 0 Å². The van der Waals surface area contributed by atoms with E-state index in [-0.39, 0.29) is 17.7 Å². The molecule has 6 heteroatoms. The van der Waals surface area contributed by atoms with E-state index in [4.69, 9.17) is 4.74 Å². The standard InChI is InChI=1S/C18H36N4O2/c1-14(2)19-11-12-22-13-16(24-17(22)23)18(3,4)21-10-8-15-7-5-6-9-20-15/h14-16,19-21H,5-13H2,1-4H3. The molecule has 140 valence electrons. The van der Waals surface area contributed by atoms with E-state index in [1.807, 2.05) is 4.90 Å². The second-order valence-corrected chi connectivity index (χ2v) is 8.01. The lowest BCUT2D eigenvalue weighted by atomic mass is 9.96. The van der Waals surface area contributed by atoms with Gasteiger partial charge in [0.25, 0.3) is 0 Å². The molecule has 2 aliphatic heterocycles. The molecule has 3 N–H and O–H groups in total. The van der Waals surface area contributed by atoms with E-state index in [1.54, 1.807) is 0 Å². The second kappa shape index (κ2) is 9.02. The Hall–Kier alpha value is -0.850. The van der Waals surface area contributed by atoms with Gasteiger partial charge in [-0.05, 0) is 46.2 Å². The summed E-state index contributed by atoms with van der Waals surface area (Å²) >= 11 is 0. The highest BCUT2D eigenvalue weighted by atomic mass is 16.6. The zero-order valence-corrected chi connectivity index (χ0v) is 15.9. The molecule has 2 unspecified atom stereocenters. The van der Waals surface area contributed by atoms with E-state index in [2.05, 4.69) is 43.6 Å². The molecule has 0 aromatic rings. The molecule has 0 aromatic heterocycles. The van der Waals surface area contributed by atoms with Crippen LogP contribution in [0.2, 0.25) is 0 Å². The Bertz CT molecular complexity index is 394. The van der Waals surface area contributed by atoms with E-state index in [0.29, 0.717) is 25.2 Å². The van der Waals surface area contributed by atoms with Crippen molar-refractivity contribution >= 4 is 6.09 Å². The summed E-state index contributed by atoms with van der Waals surface area (Å²) in [6.07, 6.45) is 4.76. The summed E-state index contributed by atoms with van der Waals surface area (Å²) in [7, 11) is 0. The van der Waals surface area contributed by atoms with Crippen LogP contribution < -0.4 is 16.0 Å². The summed E-state index contributed by atoms with van der Waals surface area (Å²) < 4.78 is 5.62. The monoisotopic (exact) mass is 340 g/mol. The van der Waals surface area contributed by atoms with Gasteiger partial charge in [0, 0.05) is 25.2 Å². The van der Waals surface area contributed by atoms with E-state index in [9.17, 15) is 4.79 Å². The first-order valence-corrected chi connectivity index (χ1v) is 9.56. The van der Waals surface area contributed by atoms with Crippen LogP contribution in [0.25, 0.3) is 0 Å². The minimum atomic E-state index is -0.204. The molecule has 0 spiro atoms. The van der Waals surface area contributed by atoms with Gasteiger partial charge in [0.15, 0.2) is 0 Å². The van der Waals surface area contributed by atoms with Crippen LogP contribution in [-0.4, -0.2) is 67.4 Å². The van der Waals surface area contributed by atoms with Crippen LogP contribution in [0.3, 0.4) is 0 Å². The van der Waals surface area contributed by atoms with E-state index in [0.717, 1.165) is 26.1 Å². The highest BCUT2D eigenvalue weighted by Crippen LogP contribution is 2.22. The molecule has 6 nitrogen and oxygen atoms in total. The Balaban J connectivity index is 1.71. The predicted octanol–water partition coefficient (Wildman–Crippen LogP) is 1.71. The van der Waals surface area contributed by atoms with E-state index in [1.165, 1.54) is 19.3 Å². The summed E-state index contributed by atoms with van der Waals surface area (Å²) in [5.41, 5.74) is -0.204. The largest absolute Gasteiger partial charge is 0.442 e. The first-order valence-electron chi connectivity index (χ1n) is 9.56. The Morgan fingerprint density at radius 2 is 2.12 bits per heavy atom. The fraction of sp³-hybridized carbons (Fsp3) is 0.944. The Morgan fingerprint density at radius 1 is 1.33 bits per heavy atom. The quantitative estimate of drug-likeness (QED) is 0.596. The SMILES string of the molecule is CC(C)NCCN1CC(C(C)(C)NCCC2CCCCN2)OC1=O. The van der Waals surface area contributed by atoms with Crippen LogP contribution in [0.1, 0.15) is 53.4 Å². The molecule has 2 atom stereocenters. The lowest BCUT2D eigenvalue weighted by molar-refractivity contribution is 0.0841. The smallest absolute Gasteiger partial charge is 0.410 e. The van der Waals surface area contributed by atoms with Crippen molar-refractivity contribution in [1.29, 1.82) is 0 Å². The molecule has 0 saturated carbocycles. The number of rotatable bonds is 9. The summed E-state index contributed by atoms with van der Waals surface area (Å²) in [5.74, 6) is 0. The average molecular weight is 341 g/mol. The topological polar surface area (TPSA) is 65.6 Å². The van der Waals surface area contributed by atoms with Crippen LogP contribution in [0.5, 0.6) is 0 Å². The van der Waals surface area contributed by atoms with Crippen LogP contribution in [0.15, 0.2) is 0 Å². The van der Waals surface area contributed by atoms with Crippen molar-refractivity contribution < 1.29 is 9.53 Å². The number of hydrogen-bond donors (Lipinski definition) is 3. The normalized spacial score (nSPS) is 25.4. The zero-order valence-electron chi connectivity index (χ0n) is 15.9. The maximum Gasteiger partial charge on any atom is 0.410 e. The predicted molar refractivity (Wildman–Crippen MR) is 97.3 cm³/mol. The number of carbonyl (C=O) groups is 1. The molecule has 2 saturated heterocycles. The van der Waals surface area contributed by atoms with Crippen molar-refractivity contribution in [2.75, 3.05) is 32.7 Å². The number of hydrogen-bond acceptors (Lipinski definition) is 5. The molecule has 2 heterocycles. The third kappa shape index (κ3) is 5.90. The van der Waals surface area contributed by atoms with Gasteiger partial charge in [0.1, 0.15) is 6.10 Å². The maximum atomic E-state index is 12.1. The Labute approximate surface area is 147 Å². The molecule has 0 aromatic carbocycles. The van der Waals surface area contributed by atoms with Gasteiger partial charge in [0.05, 0.1) is 12.1 Å². The Morgan fingerprint density at radius 3 is 2.79 bits per heavy atom. The number of nitrogens with one attached hydrogen (secondary N) is 3. The zero-order chi connectivity index (χ0) is 17.6. The van der Waals surface area contributed by atoms with Gasteiger partial charge in [-0.25, -0.2) is 4.79 Å². The van der Waals surface area contributed by atoms with Crippen LogP contribution >= 0.6 is 0 Å². The lowest BCUT2D eigenvalue weighted by Gasteiger charge is -2.32. The fourth-order valence-electron chi connectivity index (χ4n) is 3.41. The van der Waals surface area contributed by atoms with Crippen molar-refractivity contribution in [2.24, 2.45) is 0 Å². The number of carbonyl (C=O) groups excluding carboxylic acids is 1. The Kier molecular flexibility index (Phi) is 7.32. The van der Waals surface area contributed by atoms with Gasteiger partial charge in [-0.3, -0.25) is 0 Å². The van der Waals surface area contributed by atoms with Crippen LogP contribution in [0.4, 0.5) is 4.79 Å². The maximum absolute atomic E-state index is 12.1. The lowest BCUT2D eigenvalue weighted by Crippen LogP contribution is -2.52. The fourth-order valence-corrected chi connectivity index (χ4v) is 3.41. The van der Waals surface area contributed by atoms with E-state index < -0.39 is 0 Å². The molecule has 1 amide bonds. The number of ether oxygens (including phenoxy) is 1. The van der Waals surface area contributed by atoms with Crippen LogP contribution in [0, 0.1) is 0 Å². The van der Waals surface area contributed by atoms with Crippen molar-refractivity contribution in [3.05, 3.63) is 0 Å². The molecule has 0 radical (unpaired) electrons. The molecule has 2 aliphatic rings. The number of amides is 1. The minimum absolute atomic E-state index is 0.0941. The number of cyclic esters (lactones) is 1. The first kappa shape index (κ1) is 19.5. The molecule has 0 aliphatic carbocycles. The van der Waals surface area contributed by atoms with Crippen molar-refractivity contribution in [3.8, 4) is 0 Å². The summed E-state index contributed by atoms with van der Waals surface area (Å²) in [4.78, 5) is 13.9. The van der Waals surface area contributed by atoms with Crippen molar-refractivity contribution in [1.82, 2.24) is 20.9 Å². The third-order valence-corrected chi connectivity index (χ3v) is 5.11. The molecule has 2 fully saturated rings. The summed E-state index contributed by atoms with van der Waals surface area (Å²) in [5, 5.41) is 10.5. The minimum Gasteiger partial charge on any atom is -0.442 e. The second-order valence-electron chi connectivity index (χ2n) is 8.01. The van der Waals surface area contributed by atoms with Crippen LogP contribution in [-0.2, 0) is 4.74 Å². The van der Waals surface area contributed by atoms with Crippen molar-refractivity contribution in [2.45, 2.75) is 77.1 Å². The highest BCUT2D eigenvalue weighted by molar-refractivity contribution is 5.70. The third-order valence-electron chi connectivity index (χ3n) is 5.11. The number of nitrogens with zero attached hydrogens (tertiary/aromatic N) is 1. The molecule has 0 bridgehead atoms. The van der Waals surface area contributed by atoms with Gasteiger partial charge < -0.3 is 25.6 Å². The number of piperidine rings is 1.